The van der Waals surface area contributed by atoms with Crippen LogP contribution < -0.4 is 0 Å². The van der Waals surface area contributed by atoms with Crippen molar-refractivity contribution in [2.75, 3.05) is 13.1 Å². The first-order chi connectivity index (χ1) is 8.88. The largest absolute Gasteiger partial charge is 0.479 e. The third kappa shape index (κ3) is 2.93. The lowest BCUT2D eigenvalue weighted by molar-refractivity contribution is -0.160. The van der Waals surface area contributed by atoms with Gasteiger partial charge in [-0.3, -0.25) is 4.79 Å². The van der Waals surface area contributed by atoms with Gasteiger partial charge in [0.05, 0.1) is 23.4 Å². The van der Waals surface area contributed by atoms with Crippen LogP contribution in [0.15, 0.2) is 0 Å². The zero-order valence-corrected chi connectivity index (χ0v) is 11.9. The molecule has 0 aliphatic carbocycles. The number of ether oxygens (including phenoxy) is 1. The van der Waals surface area contributed by atoms with Crippen LogP contribution in [0.5, 0.6) is 0 Å². The van der Waals surface area contributed by atoms with E-state index in [1.54, 1.807) is 13.8 Å². The van der Waals surface area contributed by atoms with Crippen LogP contribution >= 0.6 is 11.3 Å². The highest BCUT2D eigenvalue weighted by molar-refractivity contribution is 7.13. The Morgan fingerprint density at radius 3 is 2.63 bits per heavy atom. The lowest BCUT2D eigenvalue weighted by Gasteiger charge is -2.34. The Morgan fingerprint density at radius 2 is 2.11 bits per heavy atom. The van der Waals surface area contributed by atoms with Gasteiger partial charge in [0, 0.05) is 6.54 Å². The number of morpholine rings is 1. The first kappa shape index (κ1) is 14.0. The number of hydrogen-bond donors (Lipinski definition) is 1. The molecule has 19 heavy (non-hydrogen) atoms. The van der Waals surface area contributed by atoms with E-state index in [1.807, 2.05) is 6.92 Å². The fourth-order valence-electron chi connectivity index (χ4n) is 2.13. The van der Waals surface area contributed by atoms with Crippen molar-refractivity contribution in [1.82, 2.24) is 9.88 Å². The number of carbonyl (C=O) groups is 2. The predicted octanol–water partition coefficient (Wildman–Crippen LogP) is 1.07. The summed E-state index contributed by atoms with van der Waals surface area (Å²) in [6.07, 6.45) is -1.24. The van der Waals surface area contributed by atoms with Gasteiger partial charge < -0.3 is 14.7 Å². The summed E-state index contributed by atoms with van der Waals surface area (Å²) in [7, 11) is 0. The summed E-state index contributed by atoms with van der Waals surface area (Å²) in [4.78, 5) is 29.7. The highest BCUT2D eigenvalue weighted by atomic mass is 32.1. The molecule has 0 radical (unpaired) electrons. The van der Waals surface area contributed by atoms with E-state index < -0.39 is 12.1 Å². The van der Waals surface area contributed by atoms with Gasteiger partial charge in [0.25, 0.3) is 5.91 Å². The summed E-state index contributed by atoms with van der Waals surface area (Å²) >= 11 is 1.34. The second-order valence-corrected chi connectivity index (χ2v) is 5.83. The zero-order chi connectivity index (χ0) is 14.2. The highest BCUT2D eigenvalue weighted by Crippen LogP contribution is 2.21. The van der Waals surface area contributed by atoms with Crippen LogP contribution in [0.3, 0.4) is 0 Å². The fourth-order valence-corrected chi connectivity index (χ4v) is 3.01. The van der Waals surface area contributed by atoms with E-state index in [1.165, 1.54) is 16.2 Å². The molecule has 1 aromatic rings. The number of carbonyl (C=O) groups excluding carboxylic acids is 1. The number of aliphatic carboxylic acids is 1. The van der Waals surface area contributed by atoms with Gasteiger partial charge in [0.2, 0.25) is 0 Å². The van der Waals surface area contributed by atoms with Crippen LogP contribution in [0.4, 0.5) is 0 Å². The molecule has 0 bridgehead atoms. The molecule has 1 N–H and O–H groups in total. The Balaban J connectivity index is 2.18. The number of carboxylic acid groups (broad SMARTS) is 1. The average molecular weight is 284 g/mol. The standard InChI is InChI=1S/C12H16N2O4S/c1-6-4-14(5-9(18-6)12(16)17)11(15)10-7(2)13-8(3)19-10/h6,9H,4-5H2,1-3H3,(H,16,17)/t6-,9?/m1/s1. The van der Waals surface area contributed by atoms with Gasteiger partial charge in [-0.05, 0) is 20.8 Å². The van der Waals surface area contributed by atoms with Crippen molar-refractivity contribution in [3.8, 4) is 0 Å². The lowest BCUT2D eigenvalue weighted by atomic mass is 10.2. The normalized spacial score (nSPS) is 23.4. The molecule has 1 fully saturated rings. The molecule has 2 rings (SSSR count). The Kier molecular flexibility index (Phi) is 3.86. The minimum absolute atomic E-state index is 0.0783. The van der Waals surface area contributed by atoms with E-state index in [4.69, 9.17) is 9.84 Å². The van der Waals surface area contributed by atoms with E-state index in [2.05, 4.69) is 4.98 Å². The second kappa shape index (κ2) is 5.26. The Morgan fingerprint density at radius 1 is 1.42 bits per heavy atom. The fraction of sp³-hybridized carbons (Fsp3) is 0.583. The topological polar surface area (TPSA) is 79.7 Å². The molecule has 1 aliphatic heterocycles. The van der Waals surface area contributed by atoms with Gasteiger partial charge in [-0.1, -0.05) is 0 Å². The molecule has 1 aliphatic rings. The van der Waals surface area contributed by atoms with Crippen LogP contribution in [-0.2, 0) is 9.53 Å². The molecule has 2 atom stereocenters. The molecule has 2 heterocycles. The van der Waals surface area contributed by atoms with Gasteiger partial charge in [-0.25, -0.2) is 9.78 Å². The van der Waals surface area contributed by atoms with Crippen LogP contribution in [0.25, 0.3) is 0 Å². The van der Waals surface area contributed by atoms with Crippen LogP contribution in [-0.4, -0.2) is 52.2 Å². The van der Waals surface area contributed by atoms with Crippen LogP contribution in [0.2, 0.25) is 0 Å². The maximum Gasteiger partial charge on any atom is 0.334 e. The Hall–Kier alpha value is -1.47. The van der Waals surface area contributed by atoms with Crippen LogP contribution in [0.1, 0.15) is 27.3 Å². The molecule has 7 heteroatoms. The zero-order valence-electron chi connectivity index (χ0n) is 11.0. The van der Waals surface area contributed by atoms with Gasteiger partial charge in [-0.2, -0.15) is 0 Å². The maximum absolute atomic E-state index is 12.4. The number of rotatable bonds is 2. The molecule has 1 saturated heterocycles. The van der Waals surface area contributed by atoms with E-state index in [-0.39, 0.29) is 18.6 Å². The van der Waals surface area contributed by atoms with Crippen molar-refractivity contribution < 1.29 is 19.4 Å². The first-order valence-corrected chi connectivity index (χ1v) is 6.81. The predicted molar refractivity (Wildman–Crippen MR) is 69.5 cm³/mol. The smallest absolute Gasteiger partial charge is 0.334 e. The highest BCUT2D eigenvalue weighted by Gasteiger charge is 2.34. The Labute approximate surface area is 115 Å². The molecule has 1 aromatic heterocycles. The summed E-state index contributed by atoms with van der Waals surface area (Å²) in [5.41, 5.74) is 0.693. The molecular formula is C12H16N2O4S. The van der Waals surface area contributed by atoms with Crippen molar-refractivity contribution >= 4 is 23.2 Å². The summed E-state index contributed by atoms with van der Waals surface area (Å²) in [5.74, 6) is -1.20. The van der Waals surface area contributed by atoms with Crippen molar-refractivity contribution in [2.45, 2.75) is 33.0 Å². The Bertz CT molecular complexity index is 514. The van der Waals surface area contributed by atoms with Crippen LogP contribution in [0, 0.1) is 13.8 Å². The molecule has 104 valence electrons. The molecule has 1 unspecified atom stereocenters. The quantitative estimate of drug-likeness (QED) is 0.879. The molecule has 0 spiro atoms. The summed E-state index contributed by atoms with van der Waals surface area (Å²) in [6, 6.07) is 0. The minimum Gasteiger partial charge on any atom is -0.479 e. The van der Waals surface area contributed by atoms with Crippen molar-refractivity contribution in [2.24, 2.45) is 0 Å². The molecular weight excluding hydrogens is 268 g/mol. The summed E-state index contributed by atoms with van der Waals surface area (Å²) in [6.45, 7) is 5.87. The van der Waals surface area contributed by atoms with Gasteiger partial charge in [0.15, 0.2) is 6.10 Å². The minimum atomic E-state index is -1.04. The third-order valence-electron chi connectivity index (χ3n) is 2.92. The number of carboxylic acids is 1. The van der Waals surface area contributed by atoms with E-state index in [0.29, 0.717) is 17.1 Å². The SMILES string of the molecule is Cc1nc(C)c(C(=O)N2CC(C(=O)O)O[C@H](C)C2)s1. The average Bonchev–Trinajstić information content (AvgIpc) is 2.66. The first-order valence-electron chi connectivity index (χ1n) is 6.00. The summed E-state index contributed by atoms with van der Waals surface area (Å²) in [5, 5.41) is 9.84. The number of nitrogens with zero attached hydrogens (tertiary/aromatic N) is 2. The van der Waals surface area contributed by atoms with Crippen molar-refractivity contribution in [1.29, 1.82) is 0 Å². The van der Waals surface area contributed by atoms with Gasteiger partial charge in [0.1, 0.15) is 4.88 Å². The monoisotopic (exact) mass is 284 g/mol. The molecule has 6 nitrogen and oxygen atoms in total. The number of amides is 1. The van der Waals surface area contributed by atoms with E-state index >= 15 is 0 Å². The molecule has 0 aromatic carbocycles. The third-order valence-corrected chi connectivity index (χ3v) is 3.98. The van der Waals surface area contributed by atoms with Crippen molar-refractivity contribution in [3.05, 3.63) is 15.6 Å². The number of hydrogen-bond acceptors (Lipinski definition) is 5. The van der Waals surface area contributed by atoms with E-state index in [0.717, 1.165) is 5.01 Å². The number of aromatic nitrogens is 1. The molecule has 0 saturated carbocycles. The van der Waals surface area contributed by atoms with Crippen molar-refractivity contribution in [3.63, 3.8) is 0 Å². The number of aryl methyl sites for hydroxylation is 2. The molecule has 1 amide bonds. The lowest BCUT2D eigenvalue weighted by Crippen LogP contribution is -2.51. The van der Waals surface area contributed by atoms with E-state index in [9.17, 15) is 9.59 Å². The number of thiazole rings is 1. The second-order valence-electron chi connectivity index (χ2n) is 4.63. The van der Waals surface area contributed by atoms with Gasteiger partial charge >= 0.3 is 5.97 Å². The maximum atomic E-state index is 12.4. The summed E-state index contributed by atoms with van der Waals surface area (Å²) < 4.78 is 5.29. The van der Waals surface area contributed by atoms with Gasteiger partial charge in [-0.15, -0.1) is 11.3 Å².